The highest BCUT2D eigenvalue weighted by Gasteiger charge is 2.38. The van der Waals surface area contributed by atoms with Crippen molar-refractivity contribution in [1.82, 2.24) is 0 Å². The fraction of sp³-hybridized carbons (Fsp3) is 0.375. The van der Waals surface area contributed by atoms with Crippen LogP contribution in [0.5, 0.6) is 0 Å². The Labute approximate surface area is 149 Å². The van der Waals surface area contributed by atoms with E-state index in [4.69, 9.17) is 5.26 Å². The molecule has 0 atom stereocenters. The molecule has 0 aromatic heterocycles. The van der Waals surface area contributed by atoms with E-state index in [0.717, 1.165) is 6.07 Å². The van der Waals surface area contributed by atoms with Gasteiger partial charge >= 0.3 is 11.7 Å². The van der Waals surface area contributed by atoms with Gasteiger partial charge in [-0.25, -0.2) is 0 Å². The number of carbonyl (C=O) groups is 1. The Morgan fingerprint density at radius 2 is 1.65 bits per heavy atom. The van der Waals surface area contributed by atoms with Gasteiger partial charge in [0.25, 0.3) is 0 Å². The van der Waals surface area contributed by atoms with Gasteiger partial charge in [0.1, 0.15) is 17.4 Å². The first-order chi connectivity index (χ1) is 11.6. The topological polar surface area (TPSA) is 61.1 Å². The highest BCUT2D eigenvalue weighted by molar-refractivity contribution is 8.00. The molecule has 0 bridgehead atoms. The molecule has 26 heavy (non-hydrogen) atoms. The van der Waals surface area contributed by atoms with Crippen molar-refractivity contribution in [2.24, 2.45) is 5.41 Å². The number of aliphatic hydroxyl groups excluding tert-OH is 1. The normalized spacial score (nSPS) is 13.8. The van der Waals surface area contributed by atoms with Gasteiger partial charge in [0.15, 0.2) is 5.78 Å². The fourth-order valence-electron chi connectivity index (χ4n) is 1.88. The van der Waals surface area contributed by atoms with Crippen molar-refractivity contribution in [3.05, 3.63) is 34.9 Å². The van der Waals surface area contributed by atoms with Crippen molar-refractivity contribution in [3.63, 3.8) is 0 Å². The van der Waals surface area contributed by atoms with Crippen molar-refractivity contribution in [1.29, 1.82) is 5.26 Å². The van der Waals surface area contributed by atoms with Gasteiger partial charge in [-0.1, -0.05) is 20.8 Å². The number of thioether (sulfide) groups is 1. The van der Waals surface area contributed by atoms with Crippen LogP contribution in [0.15, 0.2) is 28.7 Å². The van der Waals surface area contributed by atoms with Crippen LogP contribution in [0.3, 0.4) is 0 Å². The third kappa shape index (κ3) is 5.42. The van der Waals surface area contributed by atoms with Gasteiger partial charge < -0.3 is 5.11 Å². The van der Waals surface area contributed by atoms with Crippen molar-refractivity contribution < 1.29 is 36.2 Å². The number of ketones is 1. The minimum absolute atomic E-state index is 0.209. The third-order valence-corrected chi connectivity index (χ3v) is 3.76. The summed E-state index contributed by atoms with van der Waals surface area (Å²) >= 11 is -0.753. The average molecular weight is 397 g/mol. The Balaban J connectivity index is 3.64. The predicted octanol–water partition coefficient (Wildman–Crippen LogP) is 5.73. The van der Waals surface area contributed by atoms with Crippen molar-refractivity contribution in [3.8, 4) is 6.07 Å². The second-order valence-corrected chi connectivity index (χ2v) is 7.31. The lowest BCUT2D eigenvalue weighted by Crippen LogP contribution is -2.23. The summed E-state index contributed by atoms with van der Waals surface area (Å²) in [6.07, 6.45) is -5.11. The zero-order valence-corrected chi connectivity index (χ0v) is 14.5. The molecule has 0 aliphatic rings. The van der Waals surface area contributed by atoms with Gasteiger partial charge in [0, 0.05) is 15.9 Å². The molecule has 0 aliphatic carbocycles. The van der Waals surface area contributed by atoms with E-state index < -0.39 is 62.0 Å². The van der Waals surface area contributed by atoms with Gasteiger partial charge in [0.2, 0.25) is 0 Å². The molecule has 0 amide bonds. The number of nitrogens with zero attached hydrogens (tertiary/aromatic N) is 1. The van der Waals surface area contributed by atoms with E-state index in [2.05, 4.69) is 0 Å². The Morgan fingerprint density at radius 1 is 1.12 bits per heavy atom. The number of nitriles is 1. The summed E-state index contributed by atoms with van der Waals surface area (Å²) < 4.78 is 76.8. The summed E-state index contributed by atoms with van der Waals surface area (Å²) in [6, 6.07) is 2.89. The Hall–Kier alpha value is -2.15. The van der Waals surface area contributed by atoms with E-state index in [9.17, 15) is 36.2 Å². The molecule has 1 N–H and O–H groups in total. The first-order valence-electron chi connectivity index (χ1n) is 6.93. The van der Waals surface area contributed by atoms with Gasteiger partial charge in [0.05, 0.1) is 5.56 Å². The maximum absolute atomic E-state index is 13.2. The van der Waals surface area contributed by atoms with E-state index in [1.165, 1.54) is 26.8 Å². The summed E-state index contributed by atoms with van der Waals surface area (Å²) in [4.78, 5) is 11.4. The lowest BCUT2D eigenvalue weighted by Gasteiger charge is -2.18. The minimum Gasteiger partial charge on any atom is -0.506 e. The number of allylic oxidation sites excluding steroid dienone is 1. The molecule has 0 saturated heterocycles. The summed E-state index contributed by atoms with van der Waals surface area (Å²) in [5.74, 6) is -2.14. The van der Waals surface area contributed by atoms with Gasteiger partial charge in [-0.3, -0.25) is 4.79 Å². The molecule has 142 valence electrons. The monoisotopic (exact) mass is 397 g/mol. The number of rotatable bonds is 3. The summed E-state index contributed by atoms with van der Waals surface area (Å²) in [5, 5.41) is 19.2. The van der Waals surface area contributed by atoms with Crippen LogP contribution in [0, 0.1) is 16.7 Å². The maximum Gasteiger partial charge on any atom is 0.446 e. The van der Waals surface area contributed by atoms with Crippen LogP contribution in [0.2, 0.25) is 0 Å². The quantitative estimate of drug-likeness (QED) is 0.233. The first kappa shape index (κ1) is 21.9. The molecular formula is C16H13F6NO2S. The lowest BCUT2D eigenvalue weighted by atomic mass is 9.85. The molecule has 1 rings (SSSR count). The van der Waals surface area contributed by atoms with Gasteiger partial charge in [-0.2, -0.15) is 31.6 Å². The molecule has 0 fully saturated rings. The summed E-state index contributed by atoms with van der Waals surface area (Å²) in [7, 11) is 0. The van der Waals surface area contributed by atoms with Crippen LogP contribution in [-0.2, 0) is 11.0 Å². The molecule has 0 saturated carbocycles. The van der Waals surface area contributed by atoms with E-state index in [1.54, 1.807) is 0 Å². The predicted molar refractivity (Wildman–Crippen MR) is 83.0 cm³/mol. The molecule has 1 aromatic rings. The second-order valence-electron chi connectivity index (χ2n) is 6.17. The molecule has 0 spiro atoms. The Kier molecular flexibility index (Phi) is 6.09. The number of Topliss-reactive ketones (excluding diaryl/α,β-unsaturated/α-hetero) is 1. The summed E-state index contributed by atoms with van der Waals surface area (Å²) in [5.41, 5.74) is -9.40. The number of hydrogen-bond donors (Lipinski definition) is 1. The molecule has 0 aliphatic heterocycles. The van der Waals surface area contributed by atoms with E-state index in [1.807, 2.05) is 0 Å². The van der Waals surface area contributed by atoms with Crippen LogP contribution in [0.4, 0.5) is 26.3 Å². The number of halogens is 6. The summed E-state index contributed by atoms with van der Waals surface area (Å²) in [6.45, 7) is 4.19. The number of aliphatic hydroxyl groups is 1. The number of carbonyl (C=O) groups excluding carboxylic acids is 1. The van der Waals surface area contributed by atoms with Crippen LogP contribution < -0.4 is 0 Å². The van der Waals surface area contributed by atoms with E-state index >= 15 is 0 Å². The molecule has 0 radical (unpaired) electrons. The average Bonchev–Trinajstić information content (AvgIpc) is 2.44. The number of hydrogen-bond acceptors (Lipinski definition) is 4. The second kappa shape index (κ2) is 7.23. The molecule has 0 unspecified atom stereocenters. The number of alkyl halides is 6. The standard InChI is InChI=1S/C16H13F6NO2S/c1-14(2,3)13(25)10(7-23)12(24)9-5-4-8(26-16(20,21)22)6-11(9)15(17,18)19/h4-6,24H,1-3H3. The van der Waals surface area contributed by atoms with Crippen molar-refractivity contribution in [2.75, 3.05) is 0 Å². The largest absolute Gasteiger partial charge is 0.506 e. The molecule has 3 nitrogen and oxygen atoms in total. The van der Waals surface area contributed by atoms with E-state index in [-0.39, 0.29) is 6.07 Å². The zero-order valence-electron chi connectivity index (χ0n) is 13.7. The Bertz CT molecular complexity index is 782. The smallest absolute Gasteiger partial charge is 0.446 e. The van der Waals surface area contributed by atoms with Crippen LogP contribution in [0.1, 0.15) is 31.9 Å². The SMILES string of the molecule is CC(C)(C)C(=O)C(C#N)=C(O)c1ccc(SC(F)(F)F)cc1C(F)(F)F. The molecule has 0 heterocycles. The molecule has 1 aromatic carbocycles. The zero-order chi connectivity index (χ0) is 20.5. The third-order valence-electron chi connectivity index (χ3n) is 3.04. The van der Waals surface area contributed by atoms with E-state index in [0.29, 0.717) is 6.07 Å². The van der Waals surface area contributed by atoms with Crippen molar-refractivity contribution in [2.45, 2.75) is 37.4 Å². The van der Waals surface area contributed by atoms with Crippen LogP contribution in [-0.4, -0.2) is 16.4 Å². The first-order valence-corrected chi connectivity index (χ1v) is 7.75. The van der Waals surface area contributed by atoms with Crippen LogP contribution in [0.25, 0.3) is 5.76 Å². The van der Waals surface area contributed by atoms with Gasteiger partial charge in [-0.05, 0) is 30.0 Å². The van der Waals surface area contributed by atoms with Crippen molar-refractivity contribution >= 4 is 23.3 Å². The fourth-order valence-corrected chi connectivity index (χ4v) is 2.46. The highest BCUT2D eigenvalue weighted by atomic mass is 32.2. The highest BCUT2D eigenvalue weighted by Crippen LogP contribution is 2.42. The Morgan fingerprint density at radius 3 is 2.04 bits per heavy atom. The number of benzene rings is 1. The lowest BCUT2D eigenvalue weighted by molar-refractivity contribution is -0.138. The maximum atomic E-state index is 13.2. The molecule has 10 heteroatoms. The minimum atomic E-state index is -5.11. The molecular weight excluding hydrogens is 384 g/mol. The van der Waals surface area contributed by atoms with Gasteiger partial charge in [-0.15, -0.1) is 0 Å². The van der Waals surface area contributed by atoms with Crippen LogP contribution >= 0.6 is 11.8 Å².